The maximum atomic E-state index is 12.2. The monoisotopic (exact) mass is 371 g/mol. The molecule has 2 aromatic heterocycles. The molecular formula is C23H21N3O2. The van der Waals surface area contributed by atoms with E-state index in [9.17, 15) is 4.79 Å². The number of nitrogens with one attached hydrogen (secondary N) is 1. The van der Waals surface area contributed by atoms with Gasteiger partial charge in [0.2, 0.25) is 5.89 Å². The number of amides is 1. The zero-order chi connectivity index (χ0) is 19.5. The number of aromatic nitrogens is 2. The number of hydrogen-bond acceptors (Lipinski definition) is 4. The van der Waals surface area contributed by atoms with Gasteiger partial charge in [-0.15, -0.1) is 0 Å². The molecule has 1 unspecified atom stereocenters. The first-order valence-electron chi connectivity index (χ1n) is 9.36. The van der Waals surface area contributed by atoms with E-state index < -0.39 is 0 Å². The van der Waals surface area contributed by atoms with Gasteiger partial charge in [-0.1, -0.05) is 19.9 Å². The summed E-state index contributed by atoms with van der Waals surface area (Å²) in [5.41, 5.74) is 4.98. The highest BCUT2D eigenvalue weighted by molar-refractivity contribution is 6.04. The van der Waals surface area contributed by atoms with Crippen LogP contribution in [-0.2, 0) is 0 Å². The molecule has 0 spiro atoms. The van der Waals surface area contributed by atoms with Gasteiger partial charge in [-0.3, -0.25) is 9.78 Å². The van der Waals surface area contributed by atoms with Crippen LogP contribution < -0.4 is 5.32 Å². The molecule has 2 aromatic carbocycles. The molecule has 1 atom stereocenters. The van der Waals surface area contributed by atoms with Crippen molar-refractivity contribution < 1.29 is 9.21 Å². The van der Waals surface area contributed by atoms with Crippen LogP contribution in [-0.4, -0.2) is 15.9 Å². The van der Waals surface area contributed by atoms with Crippen LogP contribution in [0.5, 0.6) is 0 Å². The average Bonchev–Trinajstić information content (AvgIpc) is 3.17. The lowest BCUT2D eigenvalue weighted by Gasteiger charge is -2.07. The van der Waals surface area contributed by atoms with Crippen molar-refractivity contribution in [2.75, 3.05) is 5.32 Å². The molecule has 5 heteroatoms. The fraction of sp³-hybridized carbons (Fsp3) is 0.174. The summed E-state index contributed by atoms with van der Waals surface area (Å²) in [6.45, 7) is 4.39. The minimum Gasteiger partial charge on any atom is -0.436 e. The van der Waals surface area contributed by atoms with E-state index in [1.165, 1.54) is 11.8 Å². The number of rotatable bonds is 5. The number of hydrogen-bond donors (Lipinski definition) is 1. The Morgan fingerprint density at radius 1 is 1.14 bits per heavy atom. The van der Waals surface area contributed by atoms with Gasteiger partial charge in [0.05, 0.1) is 5.56 Å². The largest absolute Gasteiger partial charge is 0.436 e. The summed E-state index contributed by atoms with van der Waals surface area (Å²) in [6.07, 6.45) is 4.26. The SMILES string of the molecule is CCC(C)c1ccc2oc(-c3ccc(NC(=O)c4cccnc4)cc3)nc2c1. The molecule has 28 heavy (non-hydrogen) atoms. The molecule has 4 aromatic rings. The van der Waals surface area contributed by atoms with Gasteiger partial charge >= 0.3 is 0 Å². The summed E-state index contributed by atoms with van der Waals surface area (Å²) in [7, 11) is 0. The Hall–Kier alpha value is -3.47. The Labute approximate surface area is 163 Å². The topological polar surface area (TPSA) is 68.0 Å². The van der Waals surface area contributed by atoms with E-state index in [4.69, 9.17) is 4.42 Å². The Bertz CT molecular complexity index is 1100. The van der Waals surface area contributed by atoms with E-state index in [-0.39, 0.29) is 5.91 Å². The molecule has 0 radical (unpaired) electrons. The van der Waals surface area contributed by atoms with Crippen molar-refractivity contribution in [2.45, 2.75) is 26.2 Å². The number of carbonyl (C=O) groups excluding carboxylic acids is 1. The van der Waals surface area contributed by atoms with E-state index >= 15 is 0 Å². The number of benzene rings is 2. The molecule has 0 saturated carbocycles. The molecule has 1 amide bonds. The fourth-order valence-electron chi connectivity index (χ4n) is 3.01. The predicted octanol–water partition coefficient (Wildman–Crippen LogP) is 5.66. The second-order valence-electron chi connectivity index (χ2n) is 6.83. The van der Waals surface area contributed by atoms with Gasteiger partial charge in [0.25, 0.3) is 5.91 Å². The van der Waals surface area contributed by atoms with Crippen LogP contribution in [0.15, 0.2) is 71.4 Å². The molecule has 0 aliphatic carbocycles. The Morgan fingerprint density at radius 3 is 2.68 bits per heavy atom. The van der Waals surface area contributed by atoms with E-state index in [2.05, 4.69) is 41.3 Å². The standard InChI is InChI=1S/C23H21N3O2/c1-3-15(2)17-8-11-21-20(13-17)26-23(28-21)16-6-9-19(10-7-16)25-22(27)18-5-4-12-24-14-18/h4-15H,3H2,1-2H3,(H,25,27). The lowest BCUT2D eigenvalue weighted by Crippen LogP contribution is -2.11. The van der Waals surface area contributed by atoms with Crippen LogP contribution in [0.25, 0.3) is 22.6 Å². The minimum absolute atomic E-state index is 0.194. The third-order valence-corrected chi connectivity index (χ3v) is 4.91. The van der Waals surface area contributed by atoms with Crippen LogP contribution in [0.2, 0.25) is 0 Å². The summed E-state index contributed by atoms with van der Waals surface area (Å²) >= 11 is 0. The van der Waals surface area contributed by atoms with Crippen LogP contribution in [0, 0.1) is 0 Å². The number of anilines is 1. The van der Waals surface area contributed by atoms with E-state index in [0.717, 1.165) is 23.1 Å². The maximum Gasteiger partial charge on any atom is 0.257 e. The smallest absolute Gasteiger partial charge is 0.257 e. The molecule has 4 rings (SSSR count). The first-order chi connectivity index (χ1) is 13.6. The molecule has 0 aliphatic rings. The molecule has 140 valence electrons. The molecular weight excluding hydrogens is 350 g/mol. The van der Waals surface area contributed by atoms with Crippen molar-refractivity contribution in [3.8, 4) is 11.5 Å². The van der Waals surface area contributed by atoms with Gasteiger partial charge in [0.1, 0.15) is 5.52 Å². The third kappa shape index (κ3) is 3.64. The number of nitrogens with zero attached hydrogens (tertiary/aromatic N) is 2. The molecule has 0 bridgehead atoms. The van der Waals surface area contributed by atoms with Crippen LogP contribution >= 0.6 is 0 Å². The third-order valence-electron chi connectivity index (χ3n) is 4.91. The van der Waals surface area contributed by atoms with Crippen LogP contribution in [0.3, 0.4) is 0 Å². The van der Waals surface area contributed by atoms with Crippen molar-refractivity contribution in [3.05, 3.63) is 78.1 Å². The lowest BCUT2D eigenvalue weighted by molar-refractivity contribution is 0.102. The quantitative estimate of drug-likeness (QED) is 0.492. The van der Waals surface area contributed by atoms with E-state index in [1.807, 2.05) is 30.3 Å². The Morgan fingerprint density at radius 2 is 1.96 bits per heavy atom. The second kappa shape index (κ2) is 7.64. The van der Waals surface area contributed by atoms with Crippen molar-refractivity contribution >= 4 is 22.7 Å². The first kappa shape index (κ1) is 17.9. The molecule has 5 nitrogen and oxygen atoms in total. The zero-order valence-corrected chi connectivity index (χ0v) is 15.8. The van der Waals surface area contributed by atoms with Crippen molar-refractivity contribution in [2.24, 2.45) is 0 Å². The summed E-state index contributed by atoms with van der Waals surface area (Å²) < 4.78 is 5.91. The van der Waals surface area contributed by atoms with Gasteiger partial charge < -0.3 is 9.73 Å². The van der Waals surface area contributed by atoms with Gasteiger partial charge in [0.15, 0.2) is 5.58 Å². The summed E-state index contributed by atoms with van der Waals surface area (Å²) in [6, 6.07) is 17.1. The Balaban J connectivity index is 1.54. The number of pyridine rings is 1. The highest BCUT2D eigenvalue weighted by Gasteiger charge is 2.12. The number of fused-ring (bicyclic) bond motifs is 1. The lowest BCUT2D eigenvalue weighted by atomic mass is 9.98. The second-order valence-corrected chi connectivity index (χ2v) is 6.83. The van der Waals surface area contributed by atoms with Crippen molar-refractivity contribution in [3.63, 3.8) is 0 Å². The van der Waals surface area contributed by atoms with Crippen molar-refractivity contribution in [1.82, 2.24) is 9.97 Å². The molecule has 0 fully saturated rings. The normalized spacial score (nSPS) is 12.1. The van der Waals surface area contributed by atoms with E-state index in [1.54, 1.807) is 18.3 Å². The van der Waals surface area contributed by atoms with Gasteiger partial charge in [-0.05, 0) is 66.4 Å². The van der Waals surface area contributed by atoms with Gasteiger partial charge in [-0.25, -0.2) is 4.98 Å². The highest BCUT2D eigenvalue weighted by Crippen LogP contribution is 2.28. The maximum absolute atomic E-state index is 12.2. The molecule has 0 saturated heterocycles. The minimum atomic E-state index is -0.194. The first-order valence-corrected chi connectivity index (χ1v) is 9.36. The average molecular weight is 371 g/mol. The predicted molar refractivity (Wildman–Crippen MR) is 110 cm³/mol. The molecule has 0 aliphatic heterocycles. The van der Waals surface area contributed by atoms with Crippen LogP contribution in [0.4, 0.5) is 5.69 Å². The fourth-order valence-corrected chi connectivity index (χ4v) is 3.01. The number of oxazole rings is 1. The van der Waals surface area contributed by atoms with Crippen molar-refractivity contribution in [1.29, 1.82) is 0 Å². The summed E-state index contributed by atoms with van der Waals surface area (Å²) in [5, 5.41) is 2.86. The summed E-state index contributed by atoms with van der Waals surface area (Å²) in [5.74, 6) is 0.869. The zero-order valence-electron chi connectivity index (χ0n) is 15.8. The van der Waals surface area contributed by atoms with Gasteiger partial charge in [0, 0.05) is 23.6 Å². The van der Waals surface area contributed by atoms with Gasteiger partial charge in [-0.2, -0.15) is 0 Å². The van der Waals surface area contributed by atoms with Crippen LogP contribution in [0.1, 0.15) is 42.1 Å². The highest BCUT2D eigenvalue weighted by atomic mass is 16.3. The van der Waals surface area contributed by atoms with E-state index in [0.29, 0.717) is 23.1 Å². The molecule has 2 heterocycles. The Kier molecular flexibility index (Phi) is 4.89. The summed E-state index contributed by atoms with van der Waals surface area (Å²) in [4.78, 5) is 20.8. The molecule has 1 N–H and O–H groups in total. The number of carbonyl (C=O) groups is 1.